The van der Waals surface area contributed by atoms with Crippen LogP contribution in [0.2, 0.25) is 0 Å². The average molecular weight is 129 g/mol. The Morgan fingerprint density at radius 1 is 1.56 bits per heavy atom. The number of hydrogen-bond donors (Lipinski definition) is 0. The summed E-state index contributed by atoms with van der Waals surface area (Å²) in [6.07, 6.45) is 1.39. The Morgan fingerprint density at radius 3 is 2.44 bits per heavy atom. The van der Waals surface area contributed by atoms with Crippen LogP contribution in [0.25, 0.3) is 0 Å². The number of rotatable bonds is 2. The molecule has 3 nitrogen and oxygen atoms in total. The number of carbonyl (C=O) groups excluding carboxylic acids is 1. The predicted molar refractivity (Wildman–Crippen MR) is 33.8 cm³/mol. The third-order valence-electron chi connectivity index (χ3n) is 0.627. The summed E-state index contributed by atoms with van der Waals surface area (Å²) in [7, 11) is 0. The summed E-state index contributed by atoms with van der Waals surface area (Å²) in [5.41, 5.74) is -0.222. The van der Waals surface area contributed by atoms with Gasteiger partial charge in [0.25, 0.3) is 0 Å². The first-order valence-electron chi connectivity index (χ1n) is 2.74. The van der Waals surface area contributed by atoms with Crippen molar-refractivity contribution in [1.29, 1.82) is 0 Å². The molecule has 0 aromatic heterocycles. The predicted octanol–water partition coefficient (Wildman–Crippen LogP) is 1.09. The maximum atomic E-state index is 9.52. The van der Waals surface area contributed by atoms with Gasteiger partial charge in [-0.2, -0.15) is 4.99 Å². The van der Waals surface area contributed by atoms with E-state index in [1.807, 2.05) is 20.8 Å². The molecule has 0 saturated carbocycles. The van der Waals surface area contributed by atoms with Gasteiger partial charge < -0.3 is 4.74 Å². The molecule has 0 spiro atoms. The zero-order valence-corrected chi connectivity index (χ0v) is 5.97. The van der Waals surface area contributed by atoms with E-state index in [1.54, 1.807) is 0 Å². The highest BCUT2D eigenvalue weighted by molar-refractivity contribution is 5.32. The van der Waals surface area contributed by atoms with E-state index in [4.69, 9.17) is 4.74 Å². The van der Waals surface area contributed by atoms with E-state index >= 15 is 0 Å². The van der Waals surface area contributed by atoms with E-state index in [1.165, 1.54) is 6.08 Å². The minimum atomic E-state index is -0.222. The minimum absolute atomic E-state index is 0.104. The van der Waals surface area contributed by atoms with Crippen molar-refractivity contribution in [2.45, 2.75) is 26.4 Å². The van der Waals surface area contributed by atoms with Crippen LogP contribution in [0.1, 0.15) is 20.8 Å². The van der Waals surface area contributed by atoms with Crippen LogP contribution in [0.3, 0.4) is 0 Å². The highest BCUT2D eigenvalue weighted by Gasteiger charge is 2.07. The first-order valence-corrected chi connectivity index (χ1v) is 2.74. The molecule has 0 radical (unpaired) electrons. The third-order valence-corrected chi connectivity index (χ3v) is 0.627. The lowest BCUT2D eigenvalue weighted by Gasteiger charge is -2.16. The van der Waals surface area contributed by atoms with E-state index < -0.39 is 0 Å². The number of aliphatic imine (C=N–C) groups is 1. The molecule has 0 aromatic carbocycles. The van der Waals surface area contributed by atoms with Crippen molar-refractivity contribution in [3.63, 3.8) is 0 Å². The first kappa shape index (κ1) is 8.34. The van der Waals surface area contributed by atoms with Gasteiger partial charge in [-0.05, 0) is 20.8 Å². The van der Waals surface area contributed by atoms with Crippen LogP contribution in [-0.4, -0.2) is 18.4 Å². The smallest absolute Gasteiger partial charge is 0.237 e. The summed E-state index contributed by atoms with van der Waals surface area (Å²) in [6, 6.07) is 0. The second kappa shape index (κ2) is 3.38. The van der Waals surface area contributed by atoms with E-state index in [0.29, 0.717) is 0 Å². The molecule has 0 aromatic rings. The van der Waals surface area contributed by atoms with Gasteiger partial charge in [-0.15, -0.1) is 0 Å². The summed E-state index contributed by atoms with van der Waals surface area (Å²) in [6.45, 7) is 5.79. The molecule has 0 aliphatic carbocycles. The lowest BCUT2D eigenvalue weighted by molar-refractivity contribution is 0.00203. The van der Waals surface area contributed by atoms with Crippen LogP contribution in [0.4, 0.5) is 0 Å². The van der Waals surface area contributed by atoms with Gasteiger partial charge >= 0.3 is 0 Å². The number of ether oxygens (including phenoxy) is 1. The fourth-order valence-corrected chi connectivity index (χ4v) is 0.252. The molecule has 0 unspecified atom stereocenters. The standard InChI is InChI=1S/C6H11NO2/c1-6(2,3)9-5-7-4-8/h5H2,1-3H3. The second-order valence-electron chi connectivity index (χ2n) is 2.64. The largest absolute Gasteiger partial charge is 0.353 e. The molecule has 0 heterocycles. The fourth-order valence-electron chi connectivity index (χ4n) is 0.252. The van der Waals surface area contributed by atoms with Crippen molar-refractivity contribution in [1.82, 2.24) is 0 Å². The summed E-state index contributed by atoms with van der Waals surface area (Å²) in [5.74, 6) is 0. The van der Waals surface area contributed by atoms with E-state index in [9.17, 15) is 4.79 Å². The molecular weight excluding hydrogens is 118 g/mol. The van der Waals surface area contributed by atoms with Crippen molar-refractivity contribution >= 4 is 6.08 Å². The van der Waals surface area contributed by atoms with Crippen LogP contribution >= 0.6 is 0 Å². The van der Waals surface area contributed by atoms with Crippen molar-refractivity contribution in [3.8, 4) is 0 Å². The van der Waals surface area contributed by atoms with Crippen molar-refractivity contribution < 1.29 is 9.53 Å². The van der Waals surface area contributed by atoms with Gasteiger partial charge in [-0.3, -0.25) is 0 Å². The summed E-state index contributed by atoms with van der Waals surface area (Å²) in [5, 5.41) is 0. The van der Waals surface area contributed by atoms with Gasteiger partial charge in [-0.25, -0.2) is 4.79 Å². The molecule has 0 saturated heterocycles. The topological polar surface area (TPSA) is 38.7 Å². The molecule has 0 rings (SSSR count). The molecule has 9 heavy (non-hydrogen) atoms. The van der Waals surface area contributed by atoms with Crippen molar-refractivity contribution in [2.75, 3.05) is 6.73 Å². The van der Waals surface area contributed by atoms with E-state index in [-0.39, 0.29) is 12.3 Å². The van der Waals surface area contributed by atoms with Crippen molar-refractivity contribution in [2.24, 2.45) is 4.99 Å². The molecule has 0 N–H and O–H groups in total. The van der Waals surface area contributed by atoms with Gasteiger partial charge in [0.05, 0.1) is 5.60 Å². The van der Waals surface area contributed by atoms with Crippen LogP contribution in [0, 0.1) is 0 Å². The van der Waals surface area contributed by atoms with Gasteiger partial charge in [0.15, 0.2) is 6.73 Å². The number of nitrogens with zero attached hydrogens (tertiary/aromatic N) is 1. The lowest BCUT2D eigenvalue weighted by Crippen LogP contribution is -2.18. The SMILES string of the molecule is CC(C)(C)OCN=C=O. The van der Waals surface area contributed by atoms with E-state index in [2.05, 4.69) is 4.99 Å². The summed E-state index contributed by atoms with van der Waals surface area (Å²) in [4.78, 5) is 12.7. The molecule has 52 valence electrons. The zero-order chi connectivity index (χ0) is 7.33. The van der Waals surface area contributed by atoms with Gasteiger partial charge in [0.1, 0.15) is 0 Å². The molecule has 0 amide bonds. The Labute approximate surface area is 54.7 Å². The molecule has 0 aliphatic rings. The molecule has 0 bridgehead atoms. The van der Waals surface area contributed by atoms with Crippen LogP contribution in [0.5, 0.6) is 0 Å². The quantitative estimate of drug-likeness (QED) is 0.413. The minimum Gasteiger partial charge on any atom is -0.353 e. The zero-order valence-electron chi connectivity index (χ0n) is 5.97. The van der Waals surface area contributed by atoms with E-state index in [0.717, 1.165) is 0 Å². The number of hydrogen-bond acceptors (Lipinski definition) is 3. The Balaban J connectivity index is 3.39. The van der Waals surface area contributed by atoms with Crippen molar-refractivity contribution in [3.05, 3.63) is 0 Å². The normalized spacial score (nSPS) is 10.6. The number of isocyanates is 1. The summed E-state index contributed by atoms with van der Waals surface area (Å²) >= 11 is 0. The highest BCUT2D eigenvalue weighted by atomic mass is 16.5. The lowest BCUT2D eigenvalue weighted by atomic mass is 10.2. The molecule has 3 heteroatoms. The fraction of sp³-hybridized carbons (Fsp3) is 0.833. The second-order valence-corrected chi connectivity index (χ2v) is 2.64. The maximum Gasteiger partial charge on any atom is 0.237 e. The molecular formula is C6H11NO2. The van der Waals surface area contributed by atoms with Gasteiger partial charge in [0.2, 0.25) is 6.08 Å². The first-order chi connectivity index (χ1) is 4.06. The third kappa shape index (κ3) is 7.34. The van der Waals surface area contributed by atoms with Gasteiger partial charge in [0, 0.05) is 0 Å². The monoisotopic (exact) mass is 129 g/mol. The van der Waals surface area contributed by atoms with Crippen LogP contribution in [-0.2, 0) is 9.53 Å². The Bertz CT molecular complexity index is 120. The van der Waals surface area contributed by atoms with Gasteiger partial charge in [-0.1, -0.05) is 0 Å². The van der Waals surface area contributed by atoms with Crippen LogP contribution < -0.4 is 0 Å². The Hall–Kier alpha value is -0.660. The maximum absolute atomic E-state index is 9.52. The van der Waals surface area contributed by atoms with Crippen LogP contribution in [0.15, 0.2) is 4.99 Å². The highest BCUT2D eigenvalue weighted by Crippen LogP contribution is 2.05. The molecule has 0 aliphatic heterocycles. The average Bonchev–Trinajstić information content (AvgIpc) is 1.63. The Morgan fingerprint density at radius 2 is 2.11 bits per heavy atom. The molecule has 0 fully saturated rings. The summed E-state index contributed by atoms with van der Waals surface area (Å²) < 4.78 is 5.04. The molecule has 0 atom stereocenters. The Kier molecular flexibility index (Phi) is 3.13.